The molecule has 94 valence electrons. The summed E-state index contributed by atoms with van der Waals surface area (Å²) in [4.78, 5) is 2.26. The van der Waals surface area contributed by atoms with Gasteiger partial charge in [0.1, 0.15) is 5.75 Å². The molecule has 0 amide bonds. The summed E-state index contributed by atoms with van der Waals surface area (Å²) in [5, 5.41) is 4.14. The van der Waals surface area contributed by atoms with E-state index in [0.29, 0.717) is 0 Å². The molecule has 1 aromatic carbocycles. The zero-order valence-corrected chi connectivity index (χ0v) is 10.4. The molecule has 0 bridgehead atoms. The van der Waals surface area contributed by atoms with Crippen molar-refractivity contribution in [2.75, 3.05) is 25.1 Å². The van der Waals surface area contributed by atoms with Gasteiger partial charge in [0, 0.05) is 24.7 Å². The molecular weight excluding hydrogens is 228 g/mol. The fourth-order valence-corrected chi connectivity index (χ4v) is 2.25. The van der Waals surface area contributed by atoms with Crippen molar-refractivity contribution in [2.45, 2.75) is 12.8 Å². The van der Waals surface area contributed by atoms with Gasteiger partial charge in [-0.25, -0.2) is 0 Å². The van der Waals surface area contributed by atoms with Crippen LogP contribution in [0.15, 0.2) is 34.9 Å². The Morgan fingerprint density at radius 3 is 2.56 bits per heavy atom. The Bertz CT molecular complexity index is 513. The van der Waals surface area contributed by atoms with Gasteiger partial charge in [-0.1, -0.05) is 5.16 Å². The van der Waals surface area contributed by atoms with Gasteiger partial charge in [-0.3, -0.25) is 0 Å². The van der Waals surface area contributed by atoms with Crippen molar-refractivity contribution < 1.29 is 9.26 Å². The molecule has 0 saturated carbocycles. The second kappa shape index (κ2) is 4.72. The monoisotopic (exact) mass is 244 g/mol. The molecule has 0 aliphatic carbocycles. The van der Waals surface area contributed by atoms with Gasteiger partial charge in [0.05, 0.1) is 7.11 Å². The predicted octanol–water partition coefficient (Wildman–Crippen LogP) is 2.95. The van der Waals surface area contributed by atoms with Crippen LogP contribution in [-0.2, 0) is 0 Å². The Labute approximate surface area is 106 Å². The highest BCUT2D eigenvalue weighted by molar-refractivity contribution is 5.62. The maximum Gasteiger partial charge on any atom is 0.172 e. The van der Waals surface area contributed by atoms with Crippen LogP contribution >= 0.6 is 0 Å². The second-order valence-electron chi connectivity index (χ2n) is 4.47. The summed E-state index contributed by atoms with van der Waals surface area (Å²) >= 11 is 0. The molecule has 1 aliphatic heterocycles. The van der Waals surface area contributed by atoms with Gasteiger partial charge in [-0.15, -0.1) is 0 Å². The van der Waals surface area contributed by atoms with E-state index in [4.69, 9.17) is 9.26 Å². The molecule has 0 atom stereocenters. The standard InChI is InChI=1S/C14H16N2O2/c1-17-12-6-4-11(5-7-12)13-10-14(15-18-13)16-8-2-3-9-16/h4-7,10H,2-3,8-9H2,1H3. The van der Waals surface area contributed by atoms with Gasteiger partial charge in [-0.2, -0.15) is 0 Å². The van der Waals surface area contributed by atoms with E-state index in [1.807, 2.05) is 30.3 Å². The summed E-state index contributed by atoms with van der Waals surface area (Å²) < 4.78 is 10.5. The lowest BCUT2D eigenvalue weighted by molar-refractivity contribution is 0.414. The van der Waals surface area contributed by atoms with Gasteiger partial charge in [0.2, 0.25) is 0 Å². The highest BCUT2D eigenvalue weighted by Gasteiger charge is 2.16. The zero-order valence-electron chi connectivity index (χ0n) is 10.4. The van der Waals surface area contributed by atoms with E-state index in [-0.39, 0.29) is 0 Å². The maximum absolute atomic E-state index is 5.40. The minimum Gasteiger partial charge on any atom is -0.497 e. The van der Waals surface area contributed by atoms with Crippen LogP contribution in [0.5, 0.6) is 5.75 Å². The van der Waals surface area contributed by atoms with Crippen LogP contribution in [0.3, 0.4) is 0 Å². The van der Waals surface area contributed by atoms with Crippen LogP contribution in [-0.4, -0.2) is 25.4 Å². The maximum atomic E-state index is 5.40. The molecule has 0 unspecified atom stereocenters. The third-order valence-electron chi connectivity index (χ3n) is 3.30. The first-order chi connectivity index (χ1) is 8.86. The molecule has 2 heterocycles. The Kier molecular flexibility index (Phi) is 2.92. The first-order valence-corrected chi connectivity index (χ1v) is 6.23. The molecule has 0 N–H and O–H groups in total. The number of aromatic nitrogens is 1. The van der Waals surface area contributed by atoms with Crippen molar-refractivity contribution in [3.63, 3.8) is 0 Å². The van der Waals surface area contributed by atoms with Crippen molar-refractivity contribution >= 4 is 5.82 Å². The SMILES string of the molecule is COc1ccc(-c2cc(N3CCCC3)no2)cc1. The van der Waals surface area contributed by atoms with Gasteiger partial charge in [-0.05, 0) is 37.1 Å². The lowest BCUT2D eigenvalue weighted by Gasteiger charge is -2.11. The summed E-state index contributed by atoms with van der Waals surface area (Å²) in [7, 11) is 1.66. The number of benzene rings is 1. The zero-order chi connectivity index (χ0) is 12.4. The molecular formula is C14H16N2O2. The number of ether oxygens (including phenoxy) is 1. The predicted molar refractivity (Wildman–Crippen MR) is 69.9 cm³/mol. The van der Waals surface area contributed by atoms with E-state index in [2.05, 4.69) is 10.1 Å². The highest BCUT2D eigenvalue weighted by Crippen LogP contribution is 2.27. The molecule has 0 radical (unpaired) electrons. The molecule has 1 fully saturated rings. The number of anilines is 1. The third kappa shape index (κ3) is 2.06. The Hall–Kier alpha value is -1.97. The topological polar surface area (TPSA) is 38.5 Å². The van der Waals surface area contributed by atoms with E-state index >= 15 is 0 Å². The van der Waals surface area contributed by atoms with Crippen LogP contribution in [0.4, 0.5) is 5.82 Å². The minimum absolute atomic E-state index is 0.805. The number of nitrogens with zero attached hydrogens (tertiary/aromatic N) is 2. The van der Waals surface area contributed by atoms with Crippen LogP contribution in [0.1, 0.15) is 12.8 Å². The molecule has 2 aromatic rings. The highest BCUT2D eigenvalue weighted by atomic mass is 16.5. The first kappa shape index (κ1) is 11.1. The van der Waals surface area contributed by atoms with Crippen LogP contribution < -0.4 is 9.64 Å². The molecule has 18 heavy (non-hydrogen) atoms. The molecule has 1 aromatic heterocycles. The second-order valence-corrected chi connectivity index (χ2v) is 4.47. The number of hydrogen-bond acceptors (Lipinski definition) is 4. The van der Waals surface area contributed by atoms with E-state index in [1.165, 1.54) is 12.8 Å². The van der Waals surface area contributed by atoms with Gasteiger partial charge in [0.15, 0.2) is 11.6 Å². The van der Waals surface area contributed by atoms with Crippen LogP contribution in [0.25, 0.3) is 11.3 Å². The number of hydrogen-bond donors (Lipinski definition) is 0. The first-order valence-electron chi connectivity index (χ1n) is 6.23. The molecule has 1 aliphatic rings. The normalized spacial score (nSPS) is 15.1. The van der Waals surface area contributed by atoms with Gasteiger partial charge >= 0.3 is 0 Å². The lowest BCUT2D eigenvalue weighted by Crippen LogP contribution is -2.17. The lowest BCUT2D eigenvalue weighted by atomic mass is 10.1. The summed E-state index contributed by atoms with van der Waals surface area (Å²) in [6.45, 7) is 2.16. The average molecular weight is 244 g/mol. The van der Waals surface area contributed by atoms with Gasteiger partial charge < -0.3 is 14.2 Å². The van der Waals surface area contributed by atoms with E-state index < -0.39 is 0 Å². The Morgan fingerprint density at radius 2 is 1.89 bits per heavy atom. The average Bonchev–Trinajstić information content (AvgIpc) is 3.09. The summed E-state index contributed by atoms with van der Waals surface area (Å²) in [6, 6.07) is 9.81. The fraction of sp³-hybridized carbons (Fsp3) is 0.357. The molecule has 1 saturated heterocycles. The summed E-state index contributed by atoms with van der Waals surface area (Å²) in [5.74, 6) is 2.59. The summed E-state index contributed by atoms with van der Waals surface area (Å²) in [5.41, 5.74) is 1.02. The van der Waals surface area contributed by atoms with E-state index in [0.717, 1.165) is 36.0 Å². The summed E-state index contributed by atoms with van der Waals surface area (Å²) in [6.07, 6.45) is 2.48. The largest absolute Gasteiger partial charge is 0.497 e. The van der Waals surface area contributed by atoms with Crippen molar-refractivity contribution in [1.82, 2.24) is 5.16 Å². The number of methoxy groups -OCH3 is 1. The smallest absolute Gasteiger partial charge is 0.172 e. The van der Waals surface area contributed by atoms with Gasteiger partial charge in [0.25, 0.3) is 0 Å². The Morgan fingerprint density at radius 1 is 1.17 bits per heavy atom. The number of rotatable bonds is 3. The van der Waals surface area contributed by atoms with Crippen molar-refractivity contribution in [3.8, 4) is 17.1 Å². The van der Waals surface area contributed by atoms with Crippen molar-refractivity contribution in [2.24, 2.45) is 0 Å². The molecule has 4 heteroatoms. The Balaban J connectivity index is 1.82. The van der Waals surface area contributed by atoms with E-state index in [1.54, 1.807) is 7.11 Å². The van der Waals surface area contributed by atoms with E-state index in [9.17, 15) is 0 Å². The van der Waals surface area contributed by atoms with Crippen LogP contribution in [0.2, 0.25) is 0 Å². The molecule has 0 spiro atoms. The molecule has 3 rings (SSSR count). The van der Waals surface area contributed by atoms with Crippen molar-refractivity contribution in [1.29, 1.82) is 0 Å². The molecule has 4 nitrogen and oxygen atoms in total. The van der Waals surface area contributed by atoms with Crippen LogP contribution in [0, 0.1) is 0 Å². The quantitative estimate of drug-likeness (QED) is 0.832. The fourth-order valence-electron chi connectivity index (χ4n) is 2.25. The van der Waals surface area contributed by atoms with Crippen molar-refractivity contribution in [3.05, 3.63) is 30.3 Å². The minimum atomic E-state index is 0.805. The third-order valence-corrected chi connectivity index (χ3v) is 3.30.